The average molecular weight is 339 g/mol. The summed E-state index contributed by atoms with van der Waals surface area (Å²) in [6.45, 7) is 11.8. The molecule has 1 aliphatic heterocycles. The van der Waals surface area contributed by atoms with Gasteiger partial charge in [0, 0.05) is 43.5 Å². The summed E-state index contributed by atoms with van der Waals surface area (Å²) in [5.41, 5.74) is 0.555. The number of esters is 1. The van der Waals surface area contributed by atoms with Gasteiger partial charge in [0.15, 0.2) is 0 Å². The van der Waals surface area contributed by atoms with E-state index in [9.17, 15) is 9.59 Å². The quantitative estimate of drug-likeness (QED) is 0.785. The van der Waals surface area contributed by atoms with Crippen LogP contribution in [-0.4, -0.2) is 59.4 Å². The van der Waals surface area contributed by atoms with Gasteiger partial charge in [0.2, 0.25) is 10.9 Å². The van der Waals surface area contributed by atoms with Crippen LogP contribution in [0, 0.1) is 5.41 Å². The minimum Gasteiger partial charge on any atom is -0.461 e. The van der Waals surface area contributed by atoms with E-state index < -0.39 is 0 Å². The smallest absolute Gasteiger partial charge is 0.367 e. The van der Waals surface area contributed by atoms with Crippen molar-refractivity contribution < 1.29 is 14.3 Å². The minimum atomic E-state index is -0.357. The van der Waals surface area contributed by atoms with Gasteiger partial charge < -0.3 is 9.64 Å². The van der Waals surface area contributed by atoms with Crippen molar-refractivity contribution in [1.29, 1.82) is 0 Å². The fourth-order valence-corrected chi connectivity index (χ4v) is 3.18. The molecule has 0 radical (unpaired) electrons. The number of rotatable bonds is 4. The Morgan fingerprint density at radius 1 is 1.26 bits per heavy atom. The number of thiazole rings is 1. The molecule has 1 amide bonds. The third-order valence-electron chi connectivity index (χ3n) is 3.69. The van der Waals surface area contributed by atoms with Gasteiger partial charge in [-0.2, -0.15) is 0 Å². The van der Waals surface area contributed by atoms with E-state index in [1.807, 2.05) is 31.1 Å². The second-order valence-electron chi connectivity index (χ2n) is 6.68. The van der Waals surface area contributed by atoms with Crippen LogP contribution >= 0.6 is 11.3 Å². The lowest BCUT2D eigenvalue weighted by Gasteiger charge is -2.37. The summed E-state index contributed by atoms with van der Waals surface area (Å²) in [7, 11) is 0. The van der Waals surface area contributed by atoms with Gasteiger partial charge in [0.25, 0.3) is 0 Å². The molecule has 2 heterocycles. The summed E-state index contributed by atoms with van der Waals surface area (Å²) in [4.78, 5) is 32.4. The van der Waals surface area contributed by atoms with Crippen molar-refractivity contribution in [3.8, 4) is 0 Å². The molecule has 0 N–H and O–H groups in total. The molecule has 7 heteroatoms. The van der Waals surface area contributed by atoms with Crippen LogP contribution in [0.3, 0.4) is 0 Å². The second kappa shape index (κ2) is 7.40. The highest BCUT2D eigenvalue weighted by molar-refractivity contribution is 7.11. The van der Waals surface area contributed by atoms with E-state index in [1.54, 1.807) is 6.92 Å². The van der Waals surface area contributed by atoms with Crippen molar-refractivity contribution in [3.63, 3.8) is 0 Å². The third kappa shape index (κ3) is 4.75. The number of carbonyl (C=O) groups excluding carboxylic acids is 2. The Bertz CT molecular complexity index is 557. The zero-order chi connectivity index (χ0) is 17.0. The molecule has 23 heavy (non-hydrogen) atoms. The fourth-order valence-electron chi connectivity index (χ4n) is 2.48. The molecule has 0 saturated carbocycles. The highest BCUT2D eigenvalue weighted by Crippen LogP contribution is 2.19. The van der Waals surface area contributed by atoms with Crippen LogP contribution in [-0.2, 0) is 16.1 Å². The maximum atomic E-state index is 12.3. The largest absolute Gasteiger partial charge is 0.461 e. The molecule has 0 unspecified atom stereocenters. The van der Waals surface area contributed by atoms with Crippen LogP contribution < -0.4 is 0 Å². The van der Waals surface area contributed by atoms with Gasteiger partial charge in [-0.15, -0.1) is 11.3 Å². The molecule has 1 fully saturated rings. The van der Waals surface area contributed by atoms with Gasteiger partial charge in [0.1, 0.15) is 0 Å². The Morgan fingerprint density at radius 3 is 2.48 bits per heavy atom. The van der Waals surface area contributed by atoms with Crippen molar-refractivity contribution in [1.82, 2.24) is 14.8 Å². The predicted molar refractivity (Wildman–Crippen MR) is 89.4 cm³/mol. The van der Waals surface area contributed by atoms with E-state index in [2.05, 4.69) is 9.88 Å². The third-order valence-corrected chi connectivity index (χ3v) is 4.56. The maximum Gasteiger partial charge on any atom is 0.367 e. The molecule has 1 aromatic rings. The lowest BCUT2D eigenvalue weighted by atomic mass is 9.94. The summed E-state index contributed by atoms with van der Waals surface area (Å²) in [6, 6.07) is 0. The molecule has 0 bridgehead atoms. The first-order valence-electron chi connectivity index (χ1n) is 7.94. The SMILES string of the molecule is CCOC(=O)c1nc(CN2CCN(C(=O)C(C)(C)C)CC2)cs1. The van der Waals surface area contributed by atoms with Crippen molar-refractivity contribution in [2.75, 3.05) is 32.8 Å². The lowest BCUT2D eigenvalue weighted by Crippen LogP contribution is -2.51. The monoisotopic (exact) mass is 339 g/mol. The van der Waals surface area contributed by atoms with Gasteiger partial charge in [0.05, 0.1) is 12.3 Å². The van der Waals surface area contributed by atoms with Crippen LogP contribution in [0.2, 0.25) is 0 Å². The number of hydrogen-bond acceptors (Lipinski definition) is 6. The summed E-state index contributed by atoms with van der Waals surface area (Å²) in [5, 5.41) is 2.31. The molecule has 128 valence electrons. The molecule has 0 aliphatic carbocycles. The Morgan fingerprint density at radius 2 is 1.91 bits per heavy atom. The Labute approximate surface area is 141 Å². The Hall–Kier alpha value is -1.47. The van der Waals surface area contributed by atoms with Crippen LogP contribution in [0.15, 0.2) is 5.38 Å². The van der Waals surface area contributed by atoms with Crippen LogP contribution in [0.1, 0.15) is 43.2 Å². The molecule has 1 saturated heterocycles. The fraction of sp³-hybridized carbons (Fsp3) is 0.688. The van der Waals surface area contributed by atoms with Crippen molar-refractivity contribution in [2.24, 2.45) is 5.41 Å². The molecular weight excluding hydrogens is 314 g/mol. The van der Waals surface area contributed by atoms with E-state index in [0.717, 1.165) is 31.9 Å². The van der Waals surface area contributed by atoms with Gasteiger partial charge in [-0.3, -0.25) is 9.69 Å². The summed E-state index contributed by atoms with van der Waals surface area (Å²) in [5.74, 6) is -0.153. The first-order chi connectivity index (χ1) is 10.8. The number of aromatic nitrogens is 1. The van der Waals surface area contributed by atoms with E-state index in [0.29, 0.717) is 18.2 Å². The number of hydrogen-bond donors (Lipinski definition) is 0. The molecule has 6 nitrogen and oxygen atoms in total. The standard InChI is InChI=1S/C16H25N3O3S/c1-5-22-14(20)13-17-12(11-23-13)10-18-6-8-19(9-7-18)15(21)16(2,3)4/h11H,5-10H2,1-4H3. The number of piperazine rings is 1. The topological polar surface area (TPSA) is 62.7 Å². The van der Waals surface area contributed by atoms with E-state index >= 15 is 0 Å². The van der Waals surface area contributed by atoms with Gasteiger partial charge in [-0.25, -0.2) is 9.78 Å². The van der Waals surface area contributed by atoms with Crippen LogP contribution in [0.25, 0.3) is 0 Å². The predicted octanol–water partition coefficient (Wildman–Crippen LogP) is 2.01. The molecule has 2 rings (SSSR count). The van der Waals surface area contributed by atoms with Gasteiger partial charge in [-0.05, 0) is 6.92 Å². The average Bonchev–Trinajstić information content (AvgIpc) is 2.95. The van der Waals surface area contributed by atoms with Crippen LogP contribution in [0.5, 0.6) is 0 Å². The normalized spacial score (nSPS) is 16.4. The molecule has 0 atom stereocenters. The highest BCUT2D eigenvalue weighted by Gasteiger charge is 2.29. The number of nitrogens with zero attached hydrogens (tertiary/aromatic N) is 3. The highest BCUT2D eigenvalue weighted by atomic mass is 32.1. The summed E-state index contributed by atoms with van der Waals surface area (Å²) in [6.07, 6.45) is 0. The maximum absolute atomic E-state index is 12.3. The van der Waals surface area contributed by atoms with Crippen LogP contribution in [0.4, 0.5) is 0 Å². The van der Waals surface area contributed by atoms with Crippen molar-refractivity contribution >= 4 is 23.2 Å². The molecule has 0 aromatic carbocycles. The zero-order valence-electron chi connectivity index (χ0n) is 14.3. The number of carbonyl (C=O) groups is 2. The first kappa shape index (κ1) is 17.9. The van der Waals surface area contributed by atoms with Crippen molar-refractivity contribution in [2.45, 2.75) is 34.2 Å². The second-order valence-corrected chi connectivity index (χ2v) is 7.54. The Kier molecular flexibility index (Phi) is 5.75. The van der Waals surface area contributed by atoms with Gasteiger partial charge in [-0.1, -0.05) is 20.8 Å². The minimum absolute atomic E-state index is 0.204. The molecule has 0 spiro atoms. The van der Waals surface area contributed by atoms with E-state index in [-0.39, 0.29) is 17.3 Å². The lowest BCUT2D eigenvalue weighted by molar-refractivity contribution is -0.141. The summed E-state index contributed by atoms with van der Waals surface area (Å²) >= 11 is 1.32. The number of amides is 1. The molecular formula is C16H25N3O3S. The van der Waals surface area contributed by atoms with Crippen molar-refractivity contribution in [3.05, 3.63) is 16.1 Å². The molecule has 1 aromatic heterocycles. The zero-order valence-corrected chi connectivity index (χ0v) is 15.1. The Balaban J connectivity index is 1.85. The molecule has 1 aliphatic rings. The van der Waals surface area contributed by atoms with E-state index in [4.69, 9.17) is 4.74 Å². The van der Waals surface area contributed by atoms with E-state index in [1.165, 1.54) is 11.3 Å². The first-order valence-corrected chi connectivity index (χ1v) is 8.82. The summed E-state index contributed by atoms with van der Waals surface area (Å²) < 4.78 is 4.95. The number of ether oxygens (including phenoxy) is 1. The van der Waals surface area contributed by atoms with Gasteiger partial charge >= 0.3 is 5.97 Å².